The maximum atomic E-state index is 12.6. The lowest BCUT2D eigenvalue weighted by atomic mass is 9.92. The van der Waals surface area contributed by atoms with E-state index < -0.39 is 0 Å². The van der Waals surface area contributed by atoms with Crippen LogP contribution in [-0.2, 0) is 16.0 Å². The zero-order valence-electron chi connectivity index (χ0n) is 16.1. The molecule has 2 amide bonds. The summed E-state index contributed by atoms with van der Waals surface area (Å²) < 4.78 is 0. The van der Waals surface area contributed by atoms with E-state index in [1.165, 1.54) is 11.1 Å². The molecule has 2 saturated heterocycles. The Bertz CT molecular complexity index is 605. The quantitative estimate of drug-likeness (QED) is 0.782. The highest BCUT2D eigenvalue weighted by Gasteiger charge is 2.25. The molecule has 2 fully saturated rings. The molecule has 26 heavy (non-hydrogen) atoms. The van der Waals surface area contributed by atoms with Gasteiger partial charge < -0.3 is 9.80 Å². The third-order valence-corrected chi connectivity index (χ3v) is 5.85. The van der Waals surface area contributed by atoms with Gasteiger partial charge in [-0.3, -0.25) is 9.59 Å². The second kappa shape index (κ2) is 9.20. The third-order valence-electron chi connectivity index (χ3n) is 5.85. The van der Waals surface area contributed by atoms with E-state index in [9.17, 15) is 9.59 Å². The van der Waals surface area contributed by atoms with Crippen molar-refractivity contribution in [2.24, 2.45) is 5.92 Å². The summed E-state index contributed by atoms with van der Waals surface area (Å²) in [6.45, 7) is 5.67. The Labute approximate surface area is 157 Å². The van der Waals surface area contributed by atoms with E-state index in [-0.39, 0.29) is 5.91 Å². The number of piperidine rings is 1. The lowest BCUT2D eigenvalue weighted by Gasteiger charge is -2.33. The van der Waals surface area contributed by atoms with Gasteiger partial charge >= 0.3 is 0 Å². The lowest BCUT2D eigenvalue weighted by Crippen LogP contribution is -2.40. The van der Waals surface area contributed by atoms with Crippen molar-refractivity contribution >= 4 is 11.8 Å². The Morgan fingerprint density at radius 1 is 0.923 bits per heavy atom. The van der Waals surface area contributed by atoms with E-state index >= 15 is 0 Å². The number of likely N-dealkylation sites (tertiary alicyclic amines) is 2. The SMILES string of the molecule is Cc1ccc(CCC(=O)N2CCCC(CCC(=O)N3CCCC3)C2)cc1. The molecule has 0 spiro atoms. The normalized spacial score (nSPS) is 20.4. The van der Waals surface area contributed by atoms with Crippen LogP contribution in [0.15, 0.2) is 24.3 Å². The van der Waals surface area contributed by atoms with Crippen LogP contribution in [0.4, 0.5) is 0 Å². The lowest BCUT2D eigenvalue weighted by molar-refractivity contribution is -0.133. The van der Waals surface area contributed by atoms with Gasteiger partial charge in [-0.05, 0) is 56.9 Å². The van der Waals surface area contributed by atoms with Gasteiger partial charge in [0, 0.05) is 39.0 Å². The zero-order chi connectivity index (χ0) is 18.4. The van der Waals surface area contributed by atoms with Gasteiger partial charge in [0.25, 0.3) is 0 Å². The van der Waals surface area contributed by atoms with E-state index in [0.717, 1.165) is 64.7 Å². The smallest absolute Gasteiger partial charge is 0.222 e. The van der Waals surface area contributed by atoms with Crippen molar-refractivity contribution in [3.63, 3.8) is 0 Å². The standard InChI is InChI=1S/C22H32N2O2/c1-18-6-8-19(9-7-18)10-12-22(26)24-16-4-5-20(17-24)11-13-21(25)23-14-2-3-15-23/h6-9,20H,2-5,10-17H2,1H3. The first kappa shape index (κ1) is 18.9. The average Bonchev–Trinajstić information content (AvgIpc) is 3.20. The van der Waals surface area contributed by atoms with Gasteiger partial charge in [0.2, 0.25) is 11.8 Å². The number of aryl methyl sites for hydroxylation is 2. The molecule has 0 aliphatic carbocycles. The Morgan fingerprint density at radius 3 is 2.31 bits per heavy atom. The molecule has 0 radical (unpaired) electrons. The predicted octanol–water partition coefficient (Wildman–Crippen LogP) is 3.57. The molecule has 0 aromatic heterocycles. The first-order chi connectivity index (χ1) is 12.6. The van der Waals surface area contributed by atoms with Crippen LogP contribution in [-0.4, -0.2) is 47.8 Å². The van der Waals surface area contributed by atoms with Crippen LogP contribution in [0, 0.1) is 12.8 Å². The maximum Gasteiger partial charge on any atom is 0.222 e. The minimum absolute atomic E-state index is 0.265. The molecule has 2 heterocycles. The van der Waals surface area contributed by atoms with E-state index in [2.05, 4.69) is 31.2 Å². The van der Waals surface area contributed by atoms with Gasteiger partial charge in [0.15, 0.2) is 0 Å². The van der Waals surface area contributed by atoms with Crippen LogP contribution in [0.2, 0.25) is 0 Å². The summed E-state index contributed by atoms with van der Waals surface area (Å²) in [5, 5.41) is 0. The van der Waals surface area contributed by atoms with E-state index in [1.807, 2.05) is 9.80 Å². The maximum absolute atomic E-state index is 12.6. The summed E-state index contributed by atoms with van der Waals surface area (Å²) in [6, 6.07) is 8.44. The van der Waals surface area contributed by atoms with E-state index in [4.69, 9.17) is 0 Å². The van der Waals surface area contributed by atoms with Crippen LogP contribution in [0.25, 0.3) is 0 Å². The number of rotatable bonds is 6. The Kier molecular flexibility index (Phi) is 6.70. The molecule has 1 unspecified atom stereocenters. The Morgan fingerprint density at radius 2 is 1.58 bits per heavy atom. The summed E-state index contributed by atoms with van der Waals surface area (Å²) in [5.41, 5.74) is 2.48. The van der Waals surface area contributed by atoms with E-state index in [0.29, 0.717) is 24.7 Å². The van der Waals surface area contributed by atoms with Crippen molar-refractivity contribution in [2.75, 3.05) is 26.2 Å². The molecule has 1 atom stereocenters. The van der Waals surface area contributed by atoms with Crippen molar-refractivity contribution in [1.29, 1.82) is 0 Å². The molecule has 2 aliphatic rings. The van der Waals surface area contributed by atoms with Gasteiger partial charge in [-0.15, -0.1) is 0 Å². The average molecular weight is 357 g/mol. The molecule has 4 heteroatoms. The highest BCUT2D eigenvalue weighted by atomic mass is 16.2. The van der Waals surface area contributed by atoms with Crippen LogP contribution in [0.5, 0.6) is 0 Å². The van der Waals surface area contributed by atoms with Crippen molar-refractivity contribution in [3.8, 4) is 0 Å². The minimum atomic E-state index is 0.265. The highest BCUT2D eigenvalue weighted by molar-refractivity contribution is 5.77. The third kappa shape index (κ3) is 5.33. The van der Waals surface area contributed by atoms with E-state index in [1.54, 1.807) is 0 Å². The summed E-state index contributed by atoms with van der Waals surface area (Å²) in [4.78, 5) is 28.9. The number of carbonyl (C=O) groups excluding carboxylic acids is 2. The van der Waals surface area contributed by atoms with Crippen molar-refractivity contribution in [3.05, 3.63) is 35.4 Å². The number of hydrogen-bond donors (Lipinski definition) is 0. The molecule has 1 aromatic rings. The number of amides is 2. The minimum Gasteiger partial charge on any atom is -0.343 e. The topological polar surface area (TPSA) is 40.6 Å². The van der Waals surface area contributed by atoms with Crippen LogP contribution in [0.3, 0.4) is 0 Å². The number of nitrogens with zero attached hydrogens (tertiary/aromatic N) is 2. The van der Waals surface area contributed by atoms with Crippen molar-refractivity contribution < 1.29 is 9.59 Å². The molecule has 1 aromatic carbocycles. The first-order valence-electron chi connectivity index (χ1n) is 10.2. The molecular formula is C22H32N2O2. The van der Waals surface area contributed by atoms with Gasteiger partial charge in [-0.25, -0.2) is 0 Å². The largest absolute Gasteiger partial charge is 0.343 e. The van der Waals surface area contributed by atoms with Crippen LogP contribution >= 0.6 is 0 Å². The second-order valence-electron chi connectivity index (χ2n) is 7.96. The number of benzene rings is 1. The molecule has 142 valence electrons. The molecule has 0 bridgehead atoms. The molecule has 0 N–H and O–H groups in total. The first-order valence-corrected chi connectivity index (χ1v) is 10.2. The summed E-state index contributed by atoms with van der Waals surface area (Å²) in [6.07, 6.45) is 7.49. The highest BCUT2D eigenvalue weighted by Crippen LogP contribution is 2.23. The zero-order valence-corrected chi connectivity index (χ0v) is 16.1. The summed E-state index contributed by atoms with van der Waals surface area (Å²) >= 11 is 0. The molecule has 4 nitrogen and oxygen atoms in total. The van der Waals surface area contributed by atoms with Gasteiger partial charge in [-0.1, -0.05) is 29.8 Å². The molecule has 0 saturated carbocycles. The monoisotopic (exact) mass is 356 g/mol. The molecular weight excluding hydrogens is 324 g/mol. The van der Waals surface area contributed by atoms with Crippen LogP contribution < -0.4 is 0 Å². The van der Waals surface area contributed by atoms with Gasteiger partial charge in [0.05, 0.1) is 0 Å². The van der Waals surface area contributed by atoms with Gasteiger partial charge in [0.1, 0.15) is 0 Å². The predicted molar refractivity (Wildman–Crippen MR) is 104 cm³/mol. The fourth-order valence-corrected chi connectivity index (χ4v) is 4.14. The number of carbonyl (C=O) groups is 2. The second-order valence-corrected chi connectivity index (χ2v) is 7.96. The summed E-state index contributed by atoms with van der Waals surface area (Å²) in [7, 11) is 0. The van der Waals surface area contributed by atoms with Crippen molar-refractivity contribution in [1.82, 2.24) is 9.80 Å². The summed E-state index contributed by atoms with van der Waals surface area (Å²) in [5.74, 6) is 1.06. The van der Waals surface area contributed by atoms with Crippen molar-refractivity contribution in [2.45, 2.75) is 58.3 Å². The Balaban J connectivity index is 1.41. The fourth-order valence-electron chi connectivity index (χ4n) is 4.14. The van der Waals surface area contributed by atoms with Crippen LogP contribution in [0.1, 0.15) is 56.1 Å². The molecule has 2 aliphatic heterocycles. The molecule has 3 rings (SSSR count). The fraction of sp³-hybridized carbons (Fsp3) is 0.636. The Hall–Kier alpha value is -1.84. The number of hydrogen-bond acceptors (Lipinski definition) is 2. The van der Waals surface area contributed by atoms with Gasteiger partial charge in [-0.2, -0.15) is 0 Å².